The molecule has 1 aliphatic carbocycles. The number of allylic oxidation sites excluding steroid dienone is 1. The average Bonchev–Trinajstić information content (AvgIpc) is 2.63. The van der Waals surface area contributed by atoms with Gasteiger partial charge in [0.15, 0.2) is 0 Å². The van der Waals surface area contributed by atoms with Crippen molar-refractivity contribution in [3.8, 4) is 0 Å². The Morgan fingerprint density at radius 1 is 1.32 bits per heavy atom. The van der Waals surface area contributed by atoms with E-state index in [0.29, 0.717) is 30.6 Å². The van der Waals surface area contributed by atoms with E-state index >= 15 is 0 Å². The van der Waals surface area contributed by atoms with Crippen LogP contribution in [0.5, 0.6) is 0 Å². The molecule has 25 heavy (non-hydrogen) atoms. The molecular formula is C17H21NO6S. The predicted octanol–water partition coefficient (Wildman–Crippen LogP) is 1.85. The van der Waals surface area contributed by atoms with E-state index in [1.165, 1.54) is 23.5 Å². The number of nitrogens with zero attached hydrogens (tertiary/aromatic N) is 1. The highest BCUT2D eigenvalue weighted by atomic mass is 32.2. The molecule has 0 saturated heterocycles. The Hall–Kier alpha value is -2.35. The molecule has 1 aliphatic rings. The summed E-state index contributed by atoms with van der Waals surface area (Å²) in [4.78, 5) is 21.8. The van der Waals surface area contributed by atoms with Gasteiger partial charge in [0.1, 0.15) is 0 Å². The van der Waals surface area contributed by atoms with Crippen LogP contribution in [0.3, 0.4) is 0 Å². The molecule has 0 radical (unpaired) electrons. The van der Waals surface area contributed by atoms with Gasteiger partial charge in [-0.3, -0.25) is 9.10 Å². The molecule has 0 amide bonds. The minimum atomic E-state index is -2.87. The number of esters is 1. The topological polar surface area (TPSA) is 90.0 Å². The van der Waals surface area contributed by atoms with Gasteiger partial charge >= 0.3 is 5.97 Å². The number of anilines is 1. The molecule has 8 heteroatoms. The van der Waals surface area contributed by atoms with Crippen LogP contribution in [0, 0.1) is 0 Å². The largest absolute Gasteiger partial charge is 0.468 e. The molecule has 0 fully saturated rings. The van der Waals surface area contributed by atoms with Gasteiger partial charge in [-0.05, 0) is 49.1 Å². The summed E-state index contributed by atoms with van der Waals surface area (Å²) in [6, 6.07) is 5.94. The monoisotopic (exact) mass is 367 g/mol. The van der Waals surface area contributed by atoms with Gasteiger partial charge in [-0.25, -0.2) is 13.2 Å². The summed E-state index contributed by atoms with van der Waals surface area (Å²) in [7, 11) is -1.58. The van der Waals surface area contributed by atoms with Crippen LogP contribution in [-0.2, 0) is 25.2 Å². The molecule has 1 aromatic carbocycles. The molecule has 7 nitrogen and oxygen atoms in total. The van der Waals surface area contributed by atoms with Crippen molar-refractivity contribution in [1.82, 2.24) is 0 Å². The van der Waals surface area contributed by atoms with E-state index in [-0.39, 0.29) is 12.6 Å². The van der Waals surface area contributed by atoms with Gasteiger partial charge in [-0.2, -0.15) is 0 Å². The molecule has 136 valence electrons. The van der Waals surface area contributed by atoms with Crippen LogP contribution >= 0.6 is 0 Å². The normalized spacial score (nSPS) is 16.9. The lowest BCUT2D eigenvalue weighted by Gasteiger charge is -2.33. The highest BCUT2D eigenvalue weighted by Gasteiger charge is 2.27. The Balaban J connectivity index is 2.26. The summed E-state index contributed by atoms with van der Waals surface area (Å²) in [5.41, 5.74) is 1.77. The first-order valence-electron chi connectivity index (χ1n) is 7.94. The van der Waals surface area contributed by atoms with Gasteiger partial charge in [-0.1, -0.05) is 6.08 Å². The molecular weight excluding hydrogens is 346 g/mol. The standard InChI is InChI=1S/C17H21NO6S/c1-23-17(20)14-6-8-15(9-7-14)18(25(21)22)16-5-3-2-4-13(16)10-11-24-12-19/h4,6-9,12,16,25H,2-3,5,10-11H2,1H3. The lowest BCUT2D eigenvalue weighted by molar-refractivity contribution is -0.128. The summed E-state index contributed by atoms with van der Waals surface area (Å²) in [6.45, 7) is 0.604. The molecule has 0 aromatic heterocycles. The van der Waals surface area contributed by atoms with Crippen LogP contribution in [0.1, 0.15) is 36.0 Å². The van der Waals surface area contributed by atoms with Crippen molar-refractivity contribution < 1.29 is 27.5 Å². The maximum atomic E-state index is 11.9. The van der Waals surface area contributed by atoms with E-state index in [4.69, 9.17) is 4.74 Å². The third-order valence-electron chi connectivity index (χ3n) is 4.12. The number of hydrogen-bond donors (Lipinski definition) is 1. The fraction of sp³-hybridized carbons (Fsp3) is 0.412. The molecule has 0 N–H and O–H groups in total. The summed E-state index contributed by atoms with van der Waals surface area (Å²) in [5, 5.41) is 0. The minimum absolute atomic E-state index is 0.219. The Morgan fingerprint density at radius 2 is 2.04 bits per heavy atom. The van der Waals surface area contributed by atoms with E-state index in [1.807, 2.05) is 6.08 Å². The predicted molar refractivity (Wildman–Crippen MR) is 92.9 cm³/mol. The van der Waals surface area contributed by atoms with Crippen LogP contribution in [0.15, 0.2) is 35.9 Å². The fourth-order valence-corrected chi connectivity index (χ4v) is 3.76. The third-order valence-corrected chi connectivity index (χ3v) is 4.98. The molecule has 0 saturated carbocycles. The number of benzene rings is 1. The van der Waals surface area contributed by atoms with Crippen LogP contribution in [0.2, 0.25) is 0 Å². The summed E-state index contributed by atoms with van der Waals surface area (Å²) in [6.07, 6.45) is 4.94. The van der Waals surface area contributed by atoms with Crippen LogP contribution in [0.25, 0.3) is 0 Å². The van der Waals surface area contributed by atoms with Crippen molar-refractivity contribution in [1.29, 1.82) is 0 Å². The van der Waals surface area contributed by atoms with Crippen LogP contribution in [-0.4, -0.2) is 40.6 Å². The van der Waals surface area contributed by atoms with Crippen molar-refractivity contribution in [3.63, 3.8) is 0 Å². The van der Waals surface area contributed by atoms with Gasteiger partial charge in [0.05, 0.1) is 31.0 Å². The number of methoxy groups -OCH3 is 1. The van der Waals surface area contributed by atoms with Crippen molar-refractivity contribution in [3.05, 3.63) is 41.5 Å². The number of rotatable bonds is 8. The quantitative estimate of drug-likeness (QED) is 0.248. The minimum Gasteiger partial charge on any atom is -0.468 e. The van der Waals surface area contributed by atoms with E-state index in [0.717, 1.165) is 18.4 Å². The number of carbonyl (C=O) groups is 2. The van der Waals surface area contributed by atoms with E-state index in [9.17, 15) is 18.0 Å². The van der Waals surface area contributed by atoms with Gasteiger partial charge in [0.2, 0.25) is 10.9 Å². The zero-order valence-corrected chi connectivity index (χ0v) is 14.8. The maximum absolute atomic E-state index is 11.9. The first-order chi connectivity index (χ1) is 12.1. The van der Waals surface area contributed by atoms with Crippen molar-refractivity contribution in [2.24, 2.45) is 0 Å². The highest BCUT2D eigenvalue weighted by Crippen LogP contribution is 2.30. The summed E-state index contributed by atoms with van der Waals surface area (Å²) < 4.78 is 34.5. The number of carbonyl (C=O) groups excluding carboxylic acids is 2. The Bertz CT molecular complexity index is 702. The molecule has 1 atom stereocenters. The number of ether oxygens (including phenoxy) is 2. The number of hydrogen-bond acceptors (Lipinski definition) is 6. The molecule has 0 bridgehead atoms. The van der Waals surface area contributed by atoms with Crippen molar-refractivity contribution in [2.75, 3.05) is 18.0 Å². The maximum Gasteiger partial charge on any atom is 0.337 e. The summed E-state index contributed by atoms with van der Waals surface area (Å²) >= 11 is 0. The lowest BCUT2D eigenvalue weighted by atomic mass is 9.91. The molecule has 2 rings (SSSR count). The second kappa shape index (κ2) is 9.22. The second-order valence-corrected chi connectivity index (χ2v) is 6.47. The Kier molecular flexibility index (Phi) is 7.00. The van der Waals surface area contributed by atoms with Gasteiger partial charge in [0, 0.05) is 6.42 Å². The van der Waals surface area contributed by atoms with Crippen LogP contribution in [0.4, 0.5) is 5.69 Å². The van der Waals surface area contributed by atoms with Crippen molar-refractivity contribution >= 4 is 29.0 Å². The summed E-state index contributed by atoms with van der Waals surface area (Å²) in [5.74, 6) is -0.478. The first kappa shape index (κ1) is 19.0. The number of thiol groups is 1. The molecule has 1 unspecified atom stereocenters. The fourth-order valence-electron chi connectivity index (χ4n) is 2.95. The third kappa shape index (κ3) is 4.82. The lowest BCUT2D eigenvalue weighted by Crippen LogP contribution is -2.37. The van der Waals surface area contributed by atoms with Gasteiger partial charge in [-0.15, -0.1) is 0 Å². The van der Waals surface area contributed by atoms with E-state index < -0.39 is 16.9 Å². The van der Waals surface area contributed by atoms with Gasteiger partial charge < -0.3 is 9.47 Å². The molecule has 0 spiro atoms. The molecule has 0 aliphatic heterocycles. The Labute approximate surface area is 148 Å². The average molecular weight is 367 g/mol. The van der Waals surface area contributed by atoms with Gasteiger partial charge in [0.25, 0.3) is 6.47 Å². The second-order valence-electron chi connectivity index (χ2n) is 5.56. The zero-order valence-electron chi connectivity index (χ0n) is 13.9. The molecule has 1 aromatic rings. The smallest absolute Gasteiger partial charge is 0.337 e. The molecule has 0 heterocycles. The van der Waals surface area contributed by atoms with E-state index in [2.05, 4.69) is 4.74 Å². The van der Waals surface area contributed by atoms with Crippen molar-refractivity contribution in [2.45, 2.75) is 31.7 Å². The Morgan fingerprint density at radius 3 is 2.64 bits per heavy atom. The zero-order chi connectivity index (χ0) is 18.2. The first-order valence-corrected chi connectivity index (χ1v) is 9.07. The SMILES string of the molecule is COC(=O)c1ccc(N(C2CCCC=C2CCOC=O)[SH](=O)=O)cc1. The van der Waals surface area contributed by atoms with Crippen LogP contribution < -0.4 is 4.31 Å². The highest BCUT2D eigenvalue weighted by molar-refractivity contribution is 7.74. The van der Waals surface area contributed by atoms with E-state index in [1.54, 1.807) is 12.1 Å².